The van der Waals surface area contributed by atoms with Crippen LogP contribution in [0.3, 0.4) is 0 Å². The second-order valence-corrected chi connectivity index (χ2v) is 5.93. The lowest BCUT2D eigenvalue weighted by Gasteiger charge is -2.04. The summed E-state index contributed by atoms with van der Waals surface area (Å²) in [6.07, 6.45) is 12.3. The molecule has 0 heterocycles. The van der Waals surface area contributed by atoms with Gasteiger partial charge in [0, 0.05) is 16.6 Å². The number of allylic oxidation sites excluding steroid dienone is 1. The van der Waals surface area contributed by atoms with Crippen LogP contribution in [-0.4, -0.2) is 9.96 Å². The molecule has 0 N–H and O–H groups in total. The molecule has 1 unspecified atom stereocenters. The van der Waals surface area contributed by atoms with E-state index in [0.717, 1.165) is 18.1 Å². The van der Waals surface area contributed by atoms with Crippen molar-refractivity contribution in [3.63, 3.8) is 0 Å². The van der Waals surface area contributed by atoms with Crippen molar-refractivity contribution >= 4 is 10.8 Å². The molecule has 0 spiro atoms. The molecule has 0 saturated heterocycles. The van der Waals surface area contributed by atoms with Gasteiger partial charge in [-0.2, -0.15) is 0 Å². The highest BCUT2D eigenvalue weighted by Crippen LogP contribution is 2.25. The van der Waals surface area contributed by atoms with Crippen molar-refractivity contribution in [2.24, 2.45) is 5.92 Å². The van der Waals surface area contributed by atoms with Crippen LogP contribution in [-0.2, 0) is 10.8 Å². The van der Waals surface area contributed by atoms with Crippen LogP contribution in [0, 0.1) is 5.92 Å². The predicted molar refractivity (Wildman–Crippen MR) is 68.2 cm³/mol. The Hall–Kier alpha value is -0.110. The van der Waals surface area contributed by atoms with Gasteiger partial charge in [-0.25, -0.2) is 0 Å². The number of rotatable bonds is 7. The van der Waals surface area contributed by atoms with Crippen molar-refractivity contribution in [3.05, 3.63) is 11.5 Å². The number of unbranched alkanes of at least 4 members (excludes halogenated alkanes) is 3. The predicted octanol–water partition coefficient (Wildman–Crippen LogP) is 4.02. The third-order valence-electron chi connectivity index (χ3n) is 3.10. The van der Waals surface area contributed by atoms with Crippen LogP contribution >= 0.6 is 0 Å². The molecule has 2 heteroatoms. The highest BCUT2D eigenvalue weighted by Gasteiger charge is 2.16. The summed E-state index contributed by atoms with van der Waals surface area (Å²) in [6.45, 7) is 2.21. The molecule has 1 fully saturated rings. The minimum Gasteiger partial charge on any atom is -0.255 e. The van der Waals surface area contributed by atoms with Gasteiger partial charge in [-0.1, -0.05) is 38.7 Å². The molecule has 0 aromatic heterocycles. The first-order valence-corrected chi connectivity index (χ1v) is 7.75. The molecule has 0 amide bonds. The van der Waals surface area contributed by atoms with Crippen molar-refractivity contribution in [1.82, 2.24) is 0 Å². The lowest BCUT2D eigenvalue weighted by Crippen LogP contribution is -2.04. The van der Waals surface area contributed by atoms with Gasteiger partial charge in [0.05, 0.1) is 0 Å². The standard InChI is InChI=1S/C13H24OS/c1-2-3-4-5-8-11-15(14)12-13-9-6-7-10-13/h8,11,13H,2-7,9-10,12H2,1H3. The molecule has 0 radical (unpaired) electrons. The maximum absolute atomic E-state index is 11.7. The number of hydrogen-bond acceptors (Lipinski definition) is 1. The van der Waals surface area contributed by atoms with Gasteiger partial charge >= 0.3 is 0 Å². The van der Waals surface area contributed by atoms with Crippen LogP contribution in [0.2, 0.25) is 0 Å². The van der Waals surface area contributed by atoms with Gasteiger partial charge in [-0.15, -0.1) is 0 Å². The summed E-state index contributed by atoms with van der Waals surface area (Å²) >= 11 is 0. The molecular formula is C13H24OS. The first-order chi connectivity index (χ1) is 7.33. The normalized spacial score (nSPS) is 20.1. The fraction of sp³-hybridized carbons (Fsp3) is 0.846. The van der Waals surface area contributed by atoms with E-state index < -0.39 is 10.8 Å². The largest absolute Gasteiger partial charge is 0.255 e. The van der Waals surface area contributed by atoms with Gasteiger partial charge < -0.3 is 0 Å². The Balaban J connectivity index is 2.06. The van der Waals surface area contributed by atoms with Crippen molar-refractivity contribution in [3.8, 4) is 0 Å². The molecule has 1 nitrogen and oxygen atoms in total. The van der Waals surface area contributed by atoms with Gasteiger partial charge in [0.1, 0.15) is 0 Å². The SMILES string of the molecule is CCCCCC=CS(=O)CC1CCCC1. The van der Waals surface area contributed by atoms with Gasteiger partial charge in [0.15, 0.2) is 0 Å². The zero-order valence-electron chi connectivity index (χ0n) is 9.91. The van der Waals surface area contributed by atoms with Crippen LogP contribution in [0.25, 0.3) is 0 Å². The Morgan fingerprint density at radius 1 is 1.27 bits per heavy atom. The van der Waals surface area contributed by atoms with Gasteiger partial charge in [-0.3, -0.25) is 4.21 Å². The van der Waals surface area contributed by atoms with Crippen LogP contribution in [0.5, 0.6) is 0 Å². The van der Waals surface area contributed by atoms with Crippen molar-refractivity contribution in [2.45, 2.75) is 58.3 Å². The quantitative estimate of drug-likeness (QED) is 0.601. The van der Waals surface area contributed by atoms with E-state index in [9.17, 15) is 4.21 Å². The molecular weight excluding hydrogens is 204 g/mol. The highest BCUT2D eigenvalue weighted by molar-refractivity contribution is 7.87. The van der Waals surface area contributed by atoms with E-state index in [2.05, 4.69) is 13.0 Å². The van der Waals surface area contributed by atoms with Gasteiger partial charge in [-0.05, 0) is 37.0 Å². The van der Waals surface area contributed by atoms with Crippen molar-refractivity contribution in [1.29, 1.82) is 0 Å². The lowest BCUT2D eigenvalue weighted by molar-refractivity contribution is 0.607. The Kier molecular flexibility index (Phi) is 6.99. The molecule has 1 saturated carbocycles. The maximum atomic E-state index is 11.7. The summed E-state index contributed by atoms with van der Waals surface area (Å²) in [5, 5.41) is 1.92. The summed E-state index contributed by atoms with van der Waals surface area (Å²) in [4.78, 5) is 0. The highest BCUT2D eigenvalue weighted by atomic mass is 32.2. The summed E-state index contributed by atoms with van der Waals surface area (Å²) < 4.78 is 11.7. The molecule has 15 heavy (non-hydrogen) atoms. The Morgan fingerprint density at radius 3 is 2.67 bits per heavy atom. The fourth-order valence-corrected chi connectivity index (χ4v) is 3.41. The van der Waals surface area contributed by atoms with Gasteiger partial charge in [0.2, 0.25) is 0 Å². The third kappa shape index (κ3) is 6.14. The Labute approximate surface area is 96.8 Å². The zero-order valence-corrected chi connectivity index (χ0v) is 10.7. The third-order valence-corrected chi connectivity index (χ3v) is 4.39. The van der Waals surface area contributed by atoms with E-state index in [1.807, 2.05) is 5.41 Å². The van der Waals surface area contributed by atoms with E-state index in [4.69, 9.17) is 0 Å². The van der Waals surface area contributed by atoms with Gasteiger partial charge in [0.25, 0.3) is 0 Å². The Bertz CT molecular complexity index is 205. The van der Waals surface area contributed by atoms with E-state index in [1.165, 1.54) is 44.9 Å². The average molecular weight is 228 g/mol. The molecule has 0 aromatic carbocycles. The summed E-state index contributed by atoms with van der Waals surface area (Å²) in [6, 6.07) is 0. The van der Waals surface area contributed by atoms with Crippen LogP contribution < -0.4 is 0 Å². The minimum atomic E-state index is -0.696. The maximum Gasteiger partial charge on any atom is 0.0455 e. The second-order valence-electron chi connectivity index (χ2n) is 4.57. The monoisotopic (exact) mass is 228 g/mol. The van der Waals surface area contributed by atoms with Crippen molar-refractivity contribution in [2.75, 3.05) is 5.75 Å². The number of hydrogen-bond donors (Lipinski definition) is 0. The molecule has 0 bridgehead atoms. The fourth-order valence-electron chi connectivity index (χ4n) is 2.15. The first-order valence-electron chi connectivity index (χ1n) is 6.36. The smallest absolute Gasteiger partial charge is 0.0455 e. The lowest BCUT2D eigenvalue weighted by atomic mass is 10.1. The minimum absolute atomic E-state index is 0.696. The van der Waals surface area contributed by atoms with E-state index >= 15 is 0 Å². The van der Waals surface area contributed by atoms with E-state index in [1.54, 1.807) is 0 Å². The Morgan fingerprint density at radius 2 is 2.00 bits per heavy atom. The molecule has 0 aliphatic heterocycles. The van der Waals surface area contributed by atoms with Crippen LogP contribution in [0.4, 0.5) is 0 Å². The second kappa shape index (κ2) is 8.09. The average Bonchev–Trinajstić information content (AvgIpc) is 2.70. The summed E-state index contributed by atoms with van der Waals surface area (Å²) in [5.74, 6) is 1.65. The molecule has 1 aliphatic carbocycles. The molecule has 1 aliphatic rings. The molecule has 0 aromatic rings. The summed E-state index contributed by atoms with van der Waals surface area (Å²) in [5.41, 5.74) is 0. The zero-order chi connectivity index (χ0) is 10.9. The first kappa shape index (κ1) is 13.0. The molecule has 1 atom stereocenters. The summed E-state index contributed by atoms with van der Waals surface area (Å²) in [7, 11) is -0.696. The molecule has 88 valence electrons. The van der Waals surface area contributed by atoms with Crippen LogP contribution in [0.1, 0.15) is 58.3 Å². The van der Waals surface area contributed by atoms with E-state index in [0.29, 0.717) is 0 Å². The van der Waals surface area contributed by atoms with Crippen LogP contribution in [0.15, 0.2) is 11.5 Å². The molecule has 1 rings (SSSR count). The topological polar surface area (TPSA) is 17.1 Å². The van der Waals surface area contributed by atoms with Crippen molar-refractivity contribution < 1.29 is 4.21 Å². The van der Waals surface area contributed by atoms with E-state index in [-0.39, 0.29) is 0 Å².